The van der Waals surface area contributed by atoms with Gasteiger partial charge in [0.05, 0.1) is 0 Å². The molecule has 1 heterocycles. The minimum atomic E-state index is 0.568. The predicted octanol–water partition coefficient (Wildman–Crippen LogP) is 2.86. The summed E-state index contributed by atoms with van der Waals surface area (Å²) in [5, 5.41) is 4.41. The van der Waals surface area contributed by atoms with Gasteiger partial charge in [-0.1, -0.05) is 17.7 Å². The summed E-state index contributed by atoms with van der Waals surface area (Å²) in [5.74, 6) is 0. The molecule has 74 valence electrons. The van der Waals surface area contributed by atoms with Gasteiger partial charge in [-0.15, -0.1) is 0 Å². The lowest BCUT2D eigenvalue weighted by molar-refractivity contribution is 0.383. The number of benzene rings is 1. The van der Waals surface area contributed by atoms with Crippen molar-refractivity contribution >= 4 is 11.6 Å². The zero-order chi connectivity index (χ0) is 9.54. The molecule has 2 heteroatoms. The maximum absolute atomic E-state index is 6.27. The van der Waals surface area contributed by atoms with Crippen molar-refractivity contribution in [2.24, 2.45) is 0 Å². The molecule has 2 aliphatic rings. The van der Waals surface area contributed by atoms with Crippen molar-refractivity contribution in [3.63, 3.8) is 0 Å². The minimum Gasteiger partial charge on any atom is -0.310 e. The van der Waals surface area contributed by atoms with Crippen LogP contribution in [0.5, 0.6) is 0 Å². The van der Waals surface area contributed by atoms with Gasteiger partial charge in [0.2, 0.25) is 0 Å². The van der Waals surface area contributed by atoms with E-state index in [1.165, 1.54) is 42.4 Å². The van der Waals surface area contributed by atoms with Crippen molar-refractivity contribution in [3.05, 3.63) is 33.8 Å². The van der Waals surface area contributed by atoms with E-state index in [1.54, 1.807) is 0 Å². The normalized spacial score (nSPS) is 24.5. The van der Waals surface area contributed by atoms with E-state index in [9.17, 15) is 0 Å². The van der Waals surface area contributed by atoms with Gasteiger partial charge in [0.1, 0.15) is 0 Å². The van der Waals surface area contributed by atoms with Gasteiger partial charge in [-0.2, -0.15) is 0 Å². The lowest BCUT2D eigenvalue weighted by Crippen LogP contribution is -2.34. The highest BCUT2D eigenvalue weighted by Crippen LogP contribution is 2.34. The molecule has 0 spiro atoms. The summed E-state index contributed by atoms with van der Waals surface area (Å²) < 4.78 is 0. The Morgan fingerprint density at radius 2 is 2.14 bits per heavy atom. The zero-order valence-corrected chi connectivity index (χ0v) is 8.90. The number of fused-ring (bicyclic) bond motifs is 1. The topological polar surface area (TPSA) is 12.0 Å². The molecule has 1 aliphatic heterocycles. The molecule has 1 N–H and O–H groups in total. The fraction of sp³-hybridized carbons (Fsp3) is 0.500. The van der Waals surface area contributed by atoms with Crippen LogP contribution in [0, 0.1) is 0 Å². The lowest BCUT2D eigenvalue weighted by atomic mass is 9.95. The van der Waals surface area contributed by atoms with E-state index in [2.05, 4.69) is 17.4 Å². The van der Waals surface area contributed by atoms with Crippen molar-refractivity contribution in [1.29, 1.82) is 0 Å². The molecule has 3 rings (SSSR count). The van der Waals surface area contributed by atoms with Crippen molar-refractivity contribution in [2.75, 3.05) is 6.54 Å². The molecule has 1 fully saturated rings. The SMILES string of the molecule is Clc1cc([C@H]2CCN2)cc2c1CCC2. The van der Waals surface area contributed by atoms with Crippen LogP contribution in [-0.2, 0) is 12.8 Å². The molecule has 0 unspecified atom stereocenters. The van der Waals surface area contributed by atoms with Crippen LogP contribution in [0.2, 0.25) is 5.02 Å². The van der Waals surface area contributed by atoms with Gasteiger partial charge in [-0.05, 0) is 55.0 Å². The molecular weight excluding hydrogens is 194 g/mol. The summed E-state index contributed by atoms with van der Waals surface area (Å²) in [4.78, 5) is 0. The van der Waals surface area contributed by atoms with Crippen LogP contribution in [0.4, 0.5) is 0 Å². The van der Waals surface area contributed by atoms with E-state index in [1.807, 2.05) is 0 Å². The quantitative estimate of drug-likeness (QED) is 0.747. The van der Waals surface area contributed by atoms with E-state index in [-0.39, 0.29) is 0 Å². The van der Waals surface area contributed by atoms with E-state index in [0.717, 1.165) is 11.6 Å². The monoisotopic (exact) mass is 207 g/mol. The smallest absolute Gasteiger partial charge is 0.0444 e. The molecule has 0 radical (unpaired) electrons. The molecule has 1 aliphatic carbocycles. The van der Waals surface area contributed by atoms with Crippen molar-refractivity contribution < 1.29 is 0 Å². The van der Waals surface area contributed by atoms with Gasteiger partial charge >= 0.3 is 0 Å². The Labute approximate surface area is 89.5 Å². The van der Waals surface area contributed by atoms with Gasteiger partial charge in [-0.3, -0.25) is 0 Å². The Kier molecular flexibility index (Phi) is 2.03. The highest BCUT2D eigenvalue weighted by molar-refractivity contribution is 6.31. The number of aryl methyl sites for hydroxylation is 1. The molecule has 0 saturated carbocycles. The van der Waals surface area contributed by atoms with Crippen LogP contribution in [0.3, 0.4) is 0 Å². The average Bonchev–Trinajstić information content (AvgIpc) is 2.48. The van der Waals surface area contributed by atoms with Crippen LogP contribution in [0.15, 0.2) is 12.1 Å². The zero-order valence-electron chi connectivity index (χ0n) is 8.15. The van der Waals surface area contributed by atoms with Crippen molar-refractivity contribution in [1.82, 2.24) is 5.32 Å². The first-order valence-corrected chi connectivity index (χ1v) is 5.77. The number of hydrogen-bond acceptors (Lipinski definition) is 1. The Morgan fingerprint density at radius 1 is 1.29 bits per heavy atom. The minimum absolute atomic E-state index is 0.568. The van der Waals surface area contributed by atoms with Crippen LogP contribution in [0.1, 0.15) is 35.6 Å². The third-order valence-electron chi connectivity index (χ3n) is 3.41. The Morgan fingerprint density at radius 3 is 2.86 bits per heavy atom. The van der Waals surface area contributed by atoms with E-state index in [4.69, 9.17) is 11.6 Å². The molecule has 1 aromatic rings. The Bertz CT molecular complexity index is 369. The Hall–Kier alpha value is -0.530. The summed E-state index contributed by atoms with van der Waals surface area (Å²) in [6.07, 6.45) is 4.92. The van der Waals surface area contributed by atoms with Gasteiger partial charge < -0.3 is 5.32 Å². The van der Waals surface area contributed by atoms with E-state index < -0.39 is 0 Å². The highest BCUT2D eigenvalue weighted by Gasteiger charge is 2.22. The first kappa shape index (κ1) is 8.75. The van der Waals surface area contributed by atoms with Crippen LogP contribution in [0.25, 0.3) is 0 Å². The number of rotatable bonds is 1. The third-order valence-corrected chi connectivity index (χ3v) is 3.75. The molecule has 1 saturated heterocycles. The van der Waals surface area contributed by atoms with E-state index >= 15 is 0 Å². The largest absolute Gasteiger partial charge is 0.310 e. The molecule has 0 bridgehead atoms. The first-order valence-electron chi connectivity index (χ1n) is 5.39. The van der Waals surface area contributed by atoms with Gasteiger partial charge in [-0.25, -0.2) is 0 Å². The molecule has 1 atom stereocenters. The van der Waals surface area contributed by atoms with Crippen LogP contribution in [-0.4, -0.2) is 6.54 Å². The fourth-order valence-corrected chi connectivity index (χ4v) is 2.79. The Balaban J connectivity index is 2.02. The summed E-state index contributed by atoms with van der Waals surface area (Å²) in [5.41, 5.74) is 4.28. The predicted molar refractivity (Wildman–Crippen MR) is 58.8 cm³/mol. The molecule has 0 amide bonds. The number of halogens is 1. The second kappa shape index (κ2) is 3.25. The number of nitrogens with one attached hydrogen (secondary N) is 1. The molecule has 14 heavy (non-hydrogen) atoms. The van der Waals surface area contributed by atoms with Gasteiger partial charge in [0.15, 0.2) is 0 Å². The molecule has 1 nitrogen and oxygen atoms in total. The maximum atomic E-state index is 6.27. The van der Waals surface area contributed by atoms with Crippen LogP contribution < -0.4 is 5.32 Å². The van der Waals surface area contributed by atoms with Gasteiger partial charge in [0, 0.05) is 11.1 Å². The third kappa shape index (κ3) is 1.27. The molecule has 0 aromatic heterocycles. The average molecular weight is 208 g/mol. The fourth-order valence-electron chi connectivity index (χ4n) is 2.45. The molecular formula is C12H14ClN. The second-order valence-corrected chi connectivity index (χ2v) is 4.70. The van der Waals surface area contributed by atoms with Crippen LogP contribution >= 0.6 is 11.6 Å². The van der Waals surface area contributed by atoms with E-state index in [0.29, 0.717) is 6.04 Å². The van der Waals surface area contributed by atoms with Gasteiger partial charge in [0.25, 0.3) is 0 Å². The molecule has 1 aromatic carbocycles. The van der Waals surface area contributed by atoms with Crippen molar-refractivity contribution in [2.45, 2.75) is 31.7 Å². The maximum Gasteiger partial charge on any atom is 0.0444 e. The summed E-state index contributed by atoms with van der Waals surface area (Å²) in [6, 6.07) is 5.08. The van der Waals surface area contributed by atoms with Crippen molar-refractivity contribution in [3.8, 4) is 0 Å². The highest BCUT2D eigenvalue weighted by atomic mass is 35.5. The summed E-state index contributed by atoms with van der Waals surface area (Å²) >= 11 is 6.27. The second-order valence-electron chi connectivity index (χ2n) is 4.29. The lowest BCUT2D eigenvalue weighted by Gasteiger charge is -2.28. The summed E-state index contributed by atoms with van der Waals surface area (Å²) in [6.45, 7) is 1.15. The standard InChI is InChI=1S/C12H14ClN/c13-11-7-9(12-4-5-14-12)6-8-2-1-3-10(8)11/h6-7,12,14H,1-5H2/t12-/m1/s1. The summed E-state index contributed by atoms with van der Waals surface area (Å²) in [7, 11) is 0. The number of hydrogen-bond donors (Lipinski definition) is 1. The first-order chi connectivity index (χ1) is 6.84.